The summed E-state index contributed by atoms with van der Waals surface area (Å²) in [4.78, 5) is 53.1. The standard InChI is InChI=1S/C22H24N2O9/c1-21(32)7-5-4-6-8(25)9(7)15(26)10-12(21)17(28)13-14(24(2)3)16(27)11(20(23)31)19(30)22(13,33)18(10)29/h4-6,11-14,17,25-26,28,32-33H,1-3H3,(H2,23,31)/t11?,12?,13?,14-,17?,21+,22-/m0/s1. The Morgan fingerprint density at radius 1 is 1.12 bits per heavy atom. The molecule has 1 aromatic rings. The van der Waals surface area contributed by atoms with Gasteiger partial charge >= 0.3 is 0 Å². The van der Waals surface area contributed by atoms with Crippen LogP contribution in [-0.4, -0.2) is 85.5 Å². The van der Waals surface area contributed by atoms with E-state index in [0.717, 1.165) is 0 Å². The van der Waals surface area contributed by atoms with Crippen molar-refractivity contribution in [3.05, 3.63) is 34.9 Å². The van der Waals surface area contributed by atoms with Gasteiger partial charge in [-0.25, -0.2) is 0 Å². The van der Waals surface area contributed by atoms with E-state index in [9.17, 15) is 44.7 Å². The molecule has 7 atom stereocenters. The highest BCUT2D eigenvalue weighted by molar-refractivity contribution is 6.32. The SMILES string of the molecule is CN(C)[C@@H]1C(=O)C(C(N)=O)C(=O)[C@@]2(O)C(=O)C3=C(O)c4c(O)cccc4[C@@](C)(O)C3C(O)C12. The molecular weight excluding hydrogens is 436 g/mol. The summed E-state index contributed by atoms with van der Waals surface area (Å²) in [5, 5.41) is 55.5. The monoisotopic (exact) mass is 460 g/mol. The van der Waals surface area contributed by atoms with Crippen molar-refractivity contribution in [1.82, 2.24) is 4.90 Å². The second-order valence-corrected chi connectivity index (χ2v) is 9.21. The van der Waals surface area contributed by atoms with Crippen LogP contribution >= 0.6 is 0 Å². The van der Waals surface area contributed by atoms with Crippen molar-refractivity contribution >= 4 is 29.0 Å². The van der Waals surface area contributed by atoms with Crippen LogP contribution in [-0.2, 0) is 24.8 Å². The van der Waals surface area contributed by atoms with Crippen LogP contribution in [0.4, 0.5) is 0 Å². The molecule has 1 amide bonds. The molecule has 7 N–H and O–H groups in total. The van der Waals surface area contributed by atoms with Crippen molar-refractivity contribution in [1.29, 1.82) is 0 Å². The summed E-state index contributed by atoms with van der Waals surface area (Å²) in [5.41, 5.74) is -0.914. The predicted molar refractivity (Wildman–Crippen MR) is 110 cm³/mol. The maximum absolute atomic E-state index is 13.7. The molecule has 4 rings (SSSR count). The number of aliphatic hydroxyl groups is 4. The van der Waals surface area contributed by atoms with Crippen LogP contribution in [0.25, 0.3) is 5.76 Å². The summed E-state index contributed by atoms with van der Waals surface area (Å²) >= 11 is 0. The first kappa shape index (κ1) is 23.1. The number of phenolic OH excluding ortho intramolecular Hbond substituents is 1. The number of hydrogen-bond acceptors (Lipinski definition) is 10. The summed E-state index contributed by atoms with van der Waals surface area (Å²) in [6, 6.07) is 2.48. The molecule has 11 nitrogen and oxygen atoms in total. The summed E-state index contributed by atoms with van der Waals surface area (Å²) in [5.74, 6) is -12.1. The van der Waals surface area contributed by atoms with Gasteiger partial charge < -0.3 is 31.3 Å². The number of primary amides is 1. The van der Waals surface area contributed by atoms with Crippen molar-refractivity contribution in [2.45, 2.75) is 30.3 Å². The first-order valence-corrected chi connectivity index (χ1v) is 10.2. The Bertz CT molecular complexity index is 1150. The van der Waals surface area contributed by atoms with Gasteiger partial charge in [-0.05, 0) is 32.6 Å². The van der Waals surface area contributed by atoms with E-state index in [0.29, 0.717) is 0 Å². The van der Waals surface area contributed by atoms with Gasteiger partial charge in [0.05, 0.1) is 40.7 Å². The van der Waals surface area contributed by atoms with Crippen molar-refractivity contribution in [2.75, 3.05) is 14.1 Å². The maximum atomic E-state index is 13.7. The summed E-state index contributed by atoms with van der Waals surface area (Å²) in [6.45, 7) is 1.24. The average Bonchev–Trinajstić information content (AvgIpc) is 2.70. The number of carbonyl (C=O) groups excluding carboxylic acids is 4. The van der Waals surface area contributed by atoms with Crippen LogP contribution in [0.15, 0.2) is 23.8 Å². The predicted octanol–water partition coefficient (Wildman–Crippen LogP) is -2.03. The number of amides is 1. The molecular formula is C22H24N2O9. The number of nitrogens with two attached hydrogens (primary N) is 1. The van der Waals surface area contributed by atoms with E-state index in [-0.39, 0.29) is 11.1 Å². The van der Waals surface area contributed by atoms with Gasteiger partial charge in [-0.1, -0.05) is 12.1 Å². The Kier molecular flexibility index (Phi) is 4.85. The van der Waals surface area contributed by atoms with E-state index in [1.54, 1.807) is 0 Å². The molecule has 176 valence electrons. The van der Waals surface area contributed by atoms with Gasteiger partial charge in [-0.3, -0.25) is 24.1 Å². The topological polar surface area (TPSA) is 199 Å². The smallest absolute Gasteiger partial charge is 0.235 e. The van der Waals surface area contributed by atoms with Crippen molar-refractivity contribution in [3.63, 3.8) is 0 Å². The lowest BCUT2D eigenvalue weighted by molar-refractivity contribution is -0.195. The van der Waals surface area contributed by atoms with Gasteiger partial charge in [-0.2, -0.15) is 0 Å². The van der Waals surface area contributed by atoms with Gasteiger partial charge in [0.15, 0.2) is 23.1 Å². The number of nitrogens with zero attached hydrogens (tertiary/aromatic N) is 1. The molecule has 2 saturated carbocycles. The molecule has 0 heterocycles. The second kappa shape index (κ2) is 6.94. The molecule has 0 bridgehead atoms. The van der Waals surface area contributed by atoms with Crippen molar-refractivity contribution < 1.29 is 44.7 Å². The molecule has 1 aromatic carbocycles. The first-order valence-electron chi connectivity index (χ1n) is 10.2. The van der Waals surface area contributed by atoms with Crippen LogP contribution < -0.4 is 5.73 Å². The van der Waals surface area contributed by atoms with Crippen LogP contribution in [0.3, 0.4) is 0 Å². The lowest BCUT2D eigenvalue weighted by Gasteiger charge is -2.55. The highest BCUT2D eigenvalue weighted by atomic mass is 16.3. The minimum atomic E-state index is -3.10. The Morgan fingerprint density at radius 2 is 1.73 bits per heavy atom. The van der Waals surface area contributed by atoms with Gasteiger partial charge in [0.1, 0.15) is 11.5 Å². The van der Waals surface area contributed by atoms with Gasteiger partial charge in [0.25, 0.3) is 0 Å². The Balaban J connectivity index is 2.06. The zero-order chi connectivity index (χ0) is 24.8. The molecule has 0 spiro atoms. The van der Waals surface area contributed by atoms with Crippen LogP contribution in [0.2, 0.25) is 0 Å². The lowest BCUT2D eigenvalue weighted by Crippen LogP contribution is -2.76. The average molecular weight is 460 g/mol. The number of aliphatic hydroxyl groups excluding tert-OH is 2. The fourth-order valence-electron chi connectivity index (χ4n) is 5.74. The number of fused-ring (bicyclic) bond motifs is 3. The highest BCUT2D eigenvalue weighted by Crippen LogP contribution is 2.56. The molecule has 4 unspecified atom stereocenters. The third-order valence-corrected chi connectivity index (χ3v) is 7.17. The van der Waals surface area contributed by atoms with Gasteiger partial charge in [0, 0.05) is 0 Å². The molecule has 0 aromatic heterocycles. The fraction of sp³-hybridized carbons (Fsp3) is 0.455. The molecule has 0 saturated heterocycles. The number of likely N-dealkylation sites (N-methyl/N-ethyl adjacent to an activating group) is 1. The number of benzene rings is 1. The molecule has 3 aliphatic carbocycles. The maximum Gasteiger partial charge on any atom is 0.235 e. The fourth-order valence-corrected chi connectivity index (χ4v) is 5.74. The van der Waals surface area contributed by atoms with E-state index in [1.165, 1.54) is 44.1 Å². The normalized spacial score (nSPS) is 38.2. The van der Waals surface area contributed by atoms with Crippen LogP contribution in [0.5, 0.6) is 5.75 Å². The molecule has 33 heavy (non-hydrogen) atoms. The second-order valence-electron chi connectivity index (χ2n) is 9.21. The van der Waals surface area contributed by atoms with E-state index < -0.39 is 81.4 Å². The number of ketones is 3. The highest BCUT2D eigenvalue weighted by Gasteiger charge is 2.72. The molecule has 0 radical (unpaired) electrons. The number of aromatic hydroxyl groups is 1. The third-order valence-electron chi connectivity index (χ3n) is 7.17. The van der Waals surface area contributed by atoms with E-state index in [2.05, 4.69) is 0 Å². The molecule has 3 aliphatic rings. The minimum absolute atomic E-state index is 0.00378. The Morgan fingerprint density at radius 3 is 2.27 bits per heavy atom. The number of phenols is 1. The molecule has 0 aliphatic heterocycles. The first-order chi connectivity index (χ1) is 15.2. The van der Waals surface area contributed by atoms with Gasteiger partial charge in [-0.15, -0.1) is 0 Å². The lowest BCUT2D eigenvalue weighted by atomic mass is 9.51. The van der Waals surface area contributed by atoms with Crippen LogP contribution in [0, 0.1) is 17.8 Å². The summed E-state index contributed by atoms with van der Waals surface area (Å²) in [6.07, 6.45) is -1.90. The number of rotatable bonds is 2. The minimum Gasteiger partial charge on any atom is -0.507 e. The number of Topliss-reactive ketones (excluding diaryl/α,β-unsaturated/α-hetero) is 3. The summed E-state index contributed by atoms with van der Waals surface area (Å²) in [7, 11) is 2.78. The third kappa shape index (κ3) is 2.64. The van der Waals surface area contributed by atoms with E-state index >= 15 is 0 Å². The van der Waals surface area contributed by atoms with Crippen molar-refractivity contribution in [2.24, 2.45) is 23.5 Å². The molecule has 11 heteroatoms. The number of carbonyl (C=O) groups is 4. The Hall–Kier alpha value is -3.12. The van der Waals surface area contributed by atoms with Crippen molar-refractivity contribution in [3.8, 4) is 5.75 Å². The van der Waals surface area contributed by atoms with Crippen LogP contribution in [0.1, 0.15) is 18.1 Å². The number of hydrogen-bond donors (Lipinski definition) is 6. The largest absolute Gasteiger partial charge is 0.507 e. The Labute approximate surface area is 187 Å². The van der Waals surface area contributed by atoms with E-state index in [4.69, 9.17) is 5.73 Å². The zero-order valence-electron chi connectivity index (χ0n) is 18.0. The zero-order valence-corrected chi connectivity index (χ0v) is 18.0. The quantitative estimate of drug-likeness (QED) is 0.268. The molecule has 2 fully saturated rings. The van der Waals surface area contributed by atoms with Gasteiger partial charge in [0.2, 0.25) is 11.7 Å². The summed E-state index contributed by atoms with van der Waals surface area (Å²) < 4.78 is 0. The van der Waals surface area contributed by atoms with E-state index in [1.807, 2.05) is 0 Å².